The molecular formula is C16H24N2O2. The Hall–Kier alpha value is -1.29. The van der Waals surface area contributed by atoms with E-state index in [1.807, 2.05) is 4.90 Å². The van der Waals surface area contributed by atoms with Crippen LogP contribution in [0.4, 0.5) is 0 Å². The van der Waals surface area contributed by atoms with Gasteiger partial charge >= 0.3 is 0 Å². The zero-order chi connectivity index (χ0) is 14.2. The second-order valence-corrected chi connectivity index (χ2v) is 6.83. The van der Waals surface area contributed by atoms with Crippen molar-refractivity contribution < 1.29 is 9.21 Å². The van der Waals surface area contributed by atoms with Crippen LogP contribution in [0.1, 0.15) is 37.2 Å². The molecule has 20 heavy (non-hydrogen) atoms. The Labute approximate surface area is 120 Å². The normalized spacial score (nSPS) is 22.2. The van der Waals surface area contributed by atoms with Gasteiger partial charge in [0.2, 0.25) is 0 Å². The summed E-state index contributed by atoms with van der Waals surface area (Å²) in [6, 6.07) is 3.52. The fourth-order valence-electron chi connectivity index (χ4n) is 3.60. The minimum atomic E-state index is 0.0446. The van der Waals surface area contributed by atoms with Gasteiger partial charge in [-0.1, -0.05) is 13.8 Å². The molecule has 0 atom stereocenters. The Bertz CT molecular complexity index is 451. The molecule has 1 spiro atoms. The number of carbonyl (C=O) groups is 1. The molecule has 0 unspecified atom stereocenters. The molecule has 1 aromatic rings. The highest BCUT2D eigenvalue weighted by Crippen LogP contribution is 2.40. The lowest BCUT2D eigenvalue weighted by molar-refractivity contribution is -0.0470. The maximum Gasteiger partial charge on any atom is 0.289 e. The van der Waals surface area contributed by atoms with Gasteiger partial charge < -0.3 is 14.2 Å². The number of rotatable bonds is 3. The van der Waals surface area contributed by atoms with Gasteiger partial charge in [0, 0.05) is 32.7 Å². The van der Waals surface area contributed by atoms with Gasteiger partial charge in [-0.3, -0.25) is 4.79 Å². The van der Waals surface area contributed by atoms with Gasteiger partial charge in [0.15, 0.2) is 5.76 Å². The van der Waals surface area contributed by atoms with E-state index in [1.165, 1.54) is 19.6 Å². The average molecular weight is 276 g/mol. The van der Waals surface area contributed by atoms with E-state index in [2.05, 4.69) is 18.7 Å². The largest absolute Gasteiger partial charge is 0.459 e. The highest BCUT2D eigenvalue weighted by Gasteiger charge is 2.45. The molecule has 0 aromatic carbocycles. The summed E-state index contributed by atoms with van der Waals surface area (Å²) >= 11 is 0. The quantitative estimate of drug-likeness (QED) is 0.851. The molecule has 110 valence electrons. The van der Waals surface area contributed by atoms with Crippen molar-refractivity contribution in [2.45, 2.75) is 26.7 Å². The molecule has 4 heteroatoms. The second-order valence-electron chi connectivity index (χ2n) is 6.83. The van der Waals surface area contributed by atoms with E-state index in [0.29, 0.717) is 11.2 Å². The van der Waals surface area contributed by atoms with Crippen LogP contribution in [-0.4, -0.2) is 48.4 Å². The van der Waals surface area contributed by atoms with Crippen molar-refractivity contribution in [1.29, 1.82) is 0 Å². The Morgan fingerprint density at radius 2 is 2.05 bits per heavy atom. The lowest BCUT2D eigenvalue weighted by Gasteiger charge is -2.54. The first-order valence-corrected chi connectivity index (χ1v) is 7.63. The summed E-state index contributed by atoms with van der Waals surface area (Å²) < 4.78 is 5.20. The molecule has 3 rings (SSSR count). The lowest BCUT2D eigenvalue weighted by Crippen LogP contribution is -2.61. The van der Waals surface area contributed by atoms with Crippen LogP contribution in [0.3, 0.4) is 0 Å². The number of carbonyl (C=O) groups excluding carboxylic acids is 1. The summed E-state index contributed by atoms with van der Waals surface area (Å²) in [5.74, 6) is 1.26. The van der Waals surface area contributed by atoms with E-state index in [9.17, 15) is 4.79 Å². The van der Waals surface area contributed by atoms with Crippen molar-refractivity contribution in [2.24, 2.45) is 11.3 Å². The van der Waals surface area contributed by atoms with Crippen molar-refractivity contribution in [3.63, 3.8) is 0 Å². The third-order valence-electron chi connectivity index (χ3n) is 4.58. The molecule has 2 aliphatic rings. The Morgan fingerprint density at radius 3 is 2.60 bits per heavy atom. The standard InChI is InChI=1S/C16H24N2O2/c1-13(2)10-17-11-16(12-17)5-7-18(8-6-16)15(19)14-4-3-9-20-14/h3-4,9,13H,5-8,10-12H2,1-2H3. The fourth-order valence-corrected chi connectivity index (χ4v) is 3.60. The molecule has 0 aliphatic carbocycles. The van der Waals surface area contributed by atoms with Crippen LogP contribution in [0, 0.1) is 11.3 Å². The van der Waals surface area contributed by atoms with E-state index >= 15 is 0 Å². The molecule has 2 saturated heterocycles. The summed E-state index contributed by atoms with van der Waals surface area (Å²) in [5.41, 5.74) is 0.481. The summed E-state index contributed by atoms with van der Waals surface area (Å²) in [7, 11) is 0. The number of hydrogen-bond donors (Lipinski definition) is 0. The summed E-state index contributed by atoms with van der Waals surface area (Å²) in [4.78, 5) is 16.7. The molecule has 0 bridgehead atoms. The van der Waals surface area contributed by atoms with Crippen LogP contribution < -0.4 is 0 Å². The van der Waals surface area contributed by atoms with E-state index in [4.69, 9.17) is 4.42 Å². The van der Waals surface area contributed by atoms with Gasteiger partial charge in [-0.05, 0) is 36.3 Å². The Morgan fingerprint density at radius 1 is 1.35 bits per heavy atom. The lowest BCUT2D eigenvalue weighted by atomic mass is 9.71. The summed E-state index contributed by atoms with van der Waals surface area (Å²) in [6.07, 6.45) is 3.83. The van der Waals surface area contributed by atoms with Crippen molar-refractivity contribution in [3.8, 4) is 0 Å². The van der Waals surface area contributed by atoms with Crippen LogP contribution >= 0.6 is 0 Å². The first-order chi connectivity index (χ1) is 9.58. The number of hydrogen-bond acceptors (Lipinski definition) is 3. The Balaban J connectivity index is 1.50. The fraction of sp³-hybridized carbons (Fsp3) is 0.688. The predicted molar refractivity (Wildman–Crippen MR) is 77.6 cm³/mol. The molecular weight excluding hydrogens is 252 g/mol. The molecule has 1 aromatic heterocycles. The minimum Gasteiger partial charge on any atom is -0.459 e. The smallest absolute Gasteiger partial charge is 0.289 e. The summed E-state index contributed by atoms with van der Waals surface area (Å²) in [5, 5.41) is 0. The van der Waals surface area contributed by atoms with Gasteiger partial charge in [-0.2, -0.15) is 0 Å². The van der Waals surface area contributed by atoms with Gasteiger partial charge in [0.05, 0.1) is 6.26 Å². The van der Waals surface area contributed by atoms with E-state index < -0.39 is 0 Å². The molecule has 4 nitrogen and oxygen atoms in total. The molecule has 0 N–H and O–H groups in total. The maximum atomic E-state index is 12.2. The highest BCUT2D eigenvalue weighted by atomic mass is 16.3. The first kappa shape index (κ1) is 13.7. The third kappa shape index (κ3) is 2.62. The minimum absolute atomic E-state index is 0.0446. The van der Waals surface area contributed by atoms with E-state index in [0.717, 1.165) is 31.8 Å². The Kier molecular flexibility index (Phi) is 3.59. The molecule has 3 heterocycles. The average Bonchev–Trinajstić information content (AvgIpc) is 2.90. The van der Waals surface area contributed by atoms with E-state index in [-0.39, 0.29) is 5.91 Å². The zero-order valence-electron chi connectivity index (χ0n) is 12.5. The monoisotopic (exact) mass is 276 g/mol. The third-order valence-corrected chi connectivity index (χ3v) is 4.58. The van der Waals surface area contributed by atoms with Gasteiger partial charge in [0.25, 0.3) is 5.91 Å². The number of likely N-dealkylation sites (tertiary alicyclic amines) is 2. The van der Waals surface area contributed by atoms with Crippen LogP contribution in [0.5, 0.6) is 0 Å². The number of piperidine rings is 1. The van der Waals surface area contributed by atoms with Crippen molar-refractivity contribution in [3.05, 3.63) is 24.2 Å². The SMILES string of the molecule is CC(C)CN1CC2(CCN(C(=O)c3ccco3)CC2)C1. The van der Waals surface area contributed by atoms with Gasteiger partial charge in [0.1, 0.15) is 0 Å². The van der Waals surface area contributed by atoms with Crippen LogP contribution in [-0.2, 0) is 0 Å². The van der Waals surface area contributed by atoms with Crippen LogP contribution in [0.2, 0.25) is 0 Å². The number of nitrogens with zero attached hydrogens (tertiary/aromatic N) is 2. The number of amides is 1. The molecule has 2 aliphatic heterocycles. The van der Waals surface area contributed by atoms with Crippen LogP contribution in [0.15, 0.2) is 22.8 Å². The highest BCUT2D eigenvalue weighted by molar-refractivity contribution is 5.91. The topological polar surface area (TPSA) is 36.7 Å². The molecule has 2 fully saturated rings. The number of furan rings is 1. The predicted octanol–water partition coefficient (Wildman–Crippen LogP) is 2.47. The molecule has 0 radical (unpaired) electrons. The van der Waals surface area contributed by atoms with Gasteiger partial charge in [-0.25, -0.2) is 0 Å². The second kappa shape index (κ2) is 5.24. The molecule has 0 saturated carbocycles. The zero-order valence-corrected chi connectivity index (χ0v) is 12.5. The maximum absolute atomic E-state index is 12.2. The molecule has 1 amide bonds. The first-order valence-electron chi connectivity index (χ1n) is 7.63. The van der Waals surface area contributed by atoms with Crippen molar-refractivity contribution >= 4 is 5.91 Å². The summed E-state index contributed by atoms with van der Waals surface area (Å²) in [6.45, 7) is 9.92. The van der Waals surface area contributed by atoms with E-state index in [1.54, 1.807) is 18.4 Å². The van der Waals surface area contributed by atoms with Crippen LogP contribution in [0.25, 0.3) is 0 Å². The van der Waals surface area contributed by atoms with Gasteiger partial charge in [-0.15, -0.1) is 0 Å². The van der Waals surface area contributed by atoms with Crippen molar-refractivity contribution in [1.82, 2.24) is 9.80 Å². The van der Waals surface area contributed by atoms with Crippen molar-refractivity contribution in [2.75, 3.05) is 32.7 Å².